The number of fused-ring (bicyclic) bond motifs is 14. The van der Waals surface area contributed by atoms with E-state index >= 15 is 0 Å². The van der Waals surface area contributed by atoms with Crippen LogP contribution in [0.3, 0.4) is 0 Å². The zero-order valence-corrected chi connectivity index (χ0v) is 66.7. The van der Waals surface area contributed by atoms with Gasteiger partial charge in [0.05, 0.1) is 33.4 Å². The first-order valence-electron chi connectivity index (χ1n) is 39.8. The maximum Gasteiger partial charge on any atom is 0.252 e. The number of rotatable bonds is 8. The average molecular weight is 1440 g/mol. The number of hydrogen-bond acceptors (Lipinski definition) is 2. The molecule has 0 unspecified atom stereocenters. The van der Waals surface area contributed by atoms with Gasteiger partial charge in [-0.1, -0.05) is 322 Å². The Morgan fingerprint density at radius 1 is 0.234 bits per heavy atom. The van der Waals surface area contributed by atoms with Crippen LogP contribution in [0.25, 0.3) is 121 Å². The van der Waals surface area contributed by atoms with Crippen molar-refractivity contribution in [3.05, 3.63) is 331 Å². The van der Waals surface area contributed by atoms with Gasteiger partial charge in [0.2, 0.25) is 0 Å². The number of hydrogen-bond donors (Lipinski definition) is 0. The van der Waals surface area contributed by atoms with Crippen molar-refractivity contribution in [1.29, 1.82) is 0 Å². The lowest BCUT2D eigenvalue weighted by Gasteiger charge is -2.47. The third-order valence-corrected chi connectivity index (χ3v) is 24.2. The third kappa shape index (κ3) is 11.4. The van der Waals surface area contributed by atoms with E-state index < -0.39 is 0 Å². The number of aromatic nitrogens is 2. The maximum atomic E-state index is 2.76. The highest BCUT2D eigenvalue weighted by atomic mass is 15.2. The lowest BCUT2D eigenvalue weighted by Crippen LogP contribution is -2.61. The second-order valence-corrected chi connectivity index (χ2v) is 36.6. The van der Waals surface area contributed by atoms with E-state index in [2.05, 4.69) is 426 Å². The van der Waals surface area contributed by atoms with Gasteiger partial charge in [-0.3, -0.25) is 0 Å². The summed E-state index contributed by atoms with van der Waals surface area (Å²) in [7, 11) is 0. The van der Waals surface area contributed by atoms with Crippen LogP contribution in [0.15, 0.2) is 303 Å². The molecule has 0 saturated carbocycles. The van der Waals surface area contributed by atoms with E-state index in [1.54, 1.807) is 0 Å². The maximum absolute atomic E-state index is 2.76. The molecule has 0 radical (unpaired) electrons. The number of benzene rings is 15. The number of nitrogens with zero attached hydrogens (tertiary/aromatic N) is 4. The second-order valence-electron chi connectivity index (χ2n) is 36.6. The summed E-state index contributed by atoms with van der Waals surface area (Å²) in [5, 5.41) is 9.86. The summed E-state index contributed by atoms with van der Waals surface area (Å²) in [4.78, 5) is 5.52. The van der Waals surface area contributed by atoms with Crippen molar-refractivity contribution < 1.29 is 0 Å². The largest absolute Gasteiger partial charge is 0.310 e. The highest BCUT2D eigenvalue weighted by molar-refractivity contribution is 7.00. The molecular weight excluding hydrogens is 1340 g/mol. The monoisotopic (exact) mass is 1430 g/mol. The molecular formula is C106H95BN4. The van der Waals surface area contributed by atoms with Crippen molar-refractivity contribution in [2.24, 2.45) is 0 Å². The third-order valence-electron chi connectivity index (χ3n) is 24.2. The van der Waals surface area contributed by atoms with Crippen LogP contribution in [-0.4, -0.2) is 15.8 Å². The van der Waals surface area contributed by atoms with Gasteiger partial charge < -0.3 is 18.9 Å². The topological polar surface area (TPSA) is 16.3 Å². The lowest BCUT2D eigenvalue weighted by molar-refractivity contribution is 0.590. The van der Waals surface area contributed by atoms with E-state index in [-0.39, 0.29) is 33.8 Å². The first-order valence-corrected chi connectivity index (χ1v) is 39.8. The summed E-state index contributed by atoms with van der Waals surface area (Å²) >= 11 is 0. The number of anilines is 6. The molecule has 15 aromatic carbocycles. The molecule has 0 fully saturated rings. The first-order chi connectivity index (χ1) is 53.2. The first kappa shape index (κ1) is 69.5. The Bertz CT molecular complexity index is 6120. The van der Waals surface area contributed by atoms with Crippen LogP contribution in [0.2, 0.25) is 0 Å². The fourth-order valence-electron chi connectivity index (χ4n) is 18.2. The Kier molecular flexibility index (Phi) is 15.9. The molecule has 0 saturated heterocycles. The van der Waals surface area contributed by atoms with E-state index in [1.807, 2.05) is 0 Å². The van der Waals surface area contributed by atoms with Crippen LogP contribution in [0.1, 0.15) is 132 Å². The fraction of sp³-hybridized carbons (Fsp3) is 0.189. The summed E-state index contributed by atoms with van der Waals surface area (Å²) in [6, 6.07) is 117. The molecule has 4 heterocycles. The van der Waals surface area contributed by atoms with Gasteiger partial charge in [0, 0.05) is 88.7 Å². The van der Waals surface area contributed by atoms with E-state index in [4.69, 9.17) is 0 Å². The molecule has 0 amide bonds. The van der Waals surface area contributed by atoms with E-state index in [0.29, 0.717) is 0 Å². The SMILES string of the molecule is CC(C)(C)c1cc(-c2ccccc2)c(N2c3cc(-n4c5ccc(C(C)(C)C)cc5c5ccc6ccccc6c54)ccc3B3c4ccc(-n5c6ccc(C(C)(C)C)cc6c6ccc7ccccc7c65)cc4N(c4c(-c5ccccc5)cc(C(C)(C)C)cc4-c4ccccc4)c4cc(C(C)(C)C)cc2c43)c(-c2ccccc2)c1. The molecule has 2 aliphatic heterocycles. The van der Waals surface area contributed by atoms with Gasteiger partial charge in [0.1, 0.15) is 0 Å². The van der Waals surface area contributed by atoms with Crippen molar-refractivity contribution in [1.82, 2.24) is 9.13 Å². The van der Waals surface area contributed by atoms with Crippen LogP contribution < -0.4 is 26.2 Å². The summed E-state index contributed by atoms with van der Waals surface area (Å²) < 4.78 is 5.20. The van der Waals surface area contributed by atoms with Crippen LogP contribution in [0.4, 0.5) is 34.1 Å². The molecule has 4 nitrogen and oxygen atoms in total. The molecule has 111 heavy (non-hydrogen) atoms. The van der Waals surface area contributed by atoms with Crippen molar-refractivity contribution in [3.8, 4) is 55.9 Å². The van der Waals surface area contributed by atoms with E-state index in [0.717, 1.165) is 67.8 Å². The summed E-state index contributed by atoms with van der Waals surface area (Å²) in [6.07, 6.45) is 0. The predicted octanol–water partition coefficient (Wildman–Crippen LogP) is 27.4. The van der Waals surface area contributed by atoms with Crippen molar-refractivity contribution in [2.45, 2.75) is 131 Å². The van der Waals surface area contributed by atoms with Gasteiger partial charge in [-0.15, -0.1) is 0 Å². The van der Waals surface area contributed by atoms with Gasteiger partial charge in [-0.2, -0.15) is 0 Å². The van der Waals surface area contributed by atoms with Crippen molar-refractivity contribution in [2.75, 3.05) is 9.80 Å². The van der Waals surface area contributed by atoms with Crippen LogP contribution in [0.5, 0.6) is 0 Å². The minimum atomic E-state index is -0.351. The highest BCUT2D eigenvalue weighted by Gasteiger charge is 2.47. The van der Waals surface area contributed by atoms with Gasteiger partial charge >= 0.3 is 0 Å². The second kappa shape index (κ2) is 25.3. The molecule has 2 aromatic heterocycles. The zero-order valence-electron chi connectivity index (χ0n) is 66.7. The Hall–Kier alpha value is -11.9. The molecule has 2 aliphatic rings. The molecule has 0 aliphatic carbocycles. The lowest BCUT2D eigenvalue weighted by atomic mass is 9.33. The van der Waals surface area contributed by atoms with Gasteiger partial charge in [0.25, 0.3) is 6.71 Å². The van der Waals surface area contributed by atoms with Gasteiger partial charge in [-0.25, -0.2) is 0 Å². The van der Waals surface area contributed by atoms with Crippen LogP contribution >= 0.6 is 0 Å². The summed E-state index contributed by atoms with van der Waals surface area (Å²) in [5.74, 6) is 0. The van der Waals surface area contributed by atoms with Crippen molar-refractivity contribution in [3.63, 3.8) is 0 Å². The Morgan fingerprint density at radius 3 is 0.883 bits per heavy atom. The van der Waals surface area contributed by atoms with Crippen LogP contribution in [0, 0.1) is 0 Å². The minimum Gasteiger partial charge on any atom is -0.310 e. The quantitative estimate of drug-likeness (QED) is 0.141. The molecule has 19 rings (SSSR count). The highest BCUT2D eigenvalue weighted by Crippen LogP contribution is 2.56. The normalized spacial score (nSPS) is 13.3. The molecule has 0 spiro atoms. The van der Waals surface area contributed by atoms with E-state index in [1.165, 1.54) is 132 Å². The van der Waals surface area contributed by atoms with Crippen molar-refractivity contribution >= 4 is 122 Å². The molecule has 0 N–H and O–H groups in total. The minimum absolute atomic E-state index is 0.0673. The summed E-state index contributed by atoms with van der Waals surface area (Å²) in [5.41, 5.74) is 32.4. The Labute approximate surface area is 655 Å². The zero-order chi connectivity index (χ0) is 76.5. The van der Waals surface area contributed by atoms with Gasteiger partial charge in [-0.05, 0) is 189 Å². The molecule has 542 valence electrons. The average Bonchev–Trinajstić information content (AvgIpc) is 0.859. The summed E-state index contributed by atoms with van der Waals surface area (Å²) in [6.45, 7) is 35.2. The van der Waals surface area contributed by atoms with Crippen LogP contribution in [-0.2, 0) is 27.1 Å². The van der Waals surface area contributed by atoms with E-state index in [9.17, 15) is 0 Å². The Morgan fingerprint density at radius 2 is 0.550 bits per heavy atom. The molecule has 5 heteroatoms. The predicted molar refractivity (Wildman–Crippen MR) is 479 cm³/mol. The smallest absolute Gasteiger partial charge is 0.252 e. The molecule has 0 atom stereocenters. The fourth-order valence-corrected chi connectivity index (χ4v) is 18.2. The standard InChI is InChI=1S/C106H95BN4/c1-102(2,3)72-46-54-91-87(56-72)81-50-44-70-40-28-30-42-79(70)98(81)108(91)77-48-52-89-93(64-77)110(100-83(66-32-20-16-21-33-66)58-74(104(7,8)9)59-84(100)67-34-22-17-23-35-67)95-62-76(106(13,14)15)63-96-97(95)107(89)90-53-49-78(109-92-55-47-73(103(4,5)6)57-88(92)82-51-45-71-41-29-31-43-80(71)99(82)109)65-94(90)111(96)101-85(68-36-24-18-25-37-68)60-75(105(10,11)12)61-86(101)69-38-26-19-27-39-69/h16-65H,1-15H3. The molecule has 0 bridgehead atoms. The van der Waals surface area contributed by atoms with Gasteiger partial charge in [0.15, 0.2) is 0 Å². The molecule has 17 aromatic rings. The Balaban J connectivity index is 1.01.